The second-order valence-corrected chi connectivity index (χ2v) is 9.88. The van der Waals surface area contributed by atoms with Crippen LogP contribution in [0, 0.1) is 5.82 Å². The van der Waals surface area contributed by atoms with Gasteiger partial charge < -0.3 is 15.4 Å². The average Bonchev–Trinajstić information content (AvgIpc) is 2.97. The number of rotatable bonds is 11. The van der Waals surface area contributed by atoms with Crippen molar-refractivity contribution in [3.8, 4) is 5.75 Å². The number of anilines is 2. The van der Waals surface area contributed by atoms with Crippen LogP contribution in [0.4, 0.5) is 15.9 Å². The van der Waals surface area contributed by atoms with E-state index in [1.54, 1.807) is 55.8 Å². The first kappa shape index (κ1) is 28.7. The molecule has 40 heavy (non-hydrogen) atoms. The first-order valence-electron chi connectivity index (χ1n) is 13.7. The Kier molecular flexibility index (Phi) is 10.2. The monoisotopic (exact) mass is 546 g/mol. The zero-order valence-electron chi connectivity index (χ0n) is 22.6. The molecule has 9 heteroatoms. The van der Waals surface area contributed by atoms with Crippen LogP contribution in [0.1, 0.15) is 63.0 Å². The summed E-state index contributed by atoms with van der Waals surface area (Å²) < 4.78 is 19.1. The zero-order chi connectivity index (χ0) is 28.3. The molecule has 8 nitrogen and oxygen atoms in total. The van der Waals surface area contributed by atoms with Gasteiger partial charge in [-0.15, -0.1) is 0 Å². The maximum absolute atomic E-state index is 13.9. The number of ether oxygens (including phenoxy) is 1. The van der Waals surface area contributed by atoms with E-state index in [0.29, 0.717) is 22.8 Å². The molecule has 3 amide bonds. The van der Waals surface area contributed by atoms with Crippen molar-refractivity contribution in [2.75, 3.05) is 17.3 Å². The molecule has 1 saturated carbocycles. The van der Waals surface area contributed by atoms with Crippen LogP contribution in [0.3, 0.4) is 0 Å². The van der Waals surface area contributed by atoms with Gasteiger partial charge in [-0.25, -0.2) is 9.37 Å². The first-order chi connectivity index (χ1) is 19.4. The third kappa shape index (κ3) is 7.88. The maximum atomic E-state index is 13.9. The Morgan fingerprint density at radius 3 is 2.35 bits per heavy atom. The van der Waals surface area contributed by atoms with Crippen LogP contribution in [0.15, 0.2) is 72.9 Å². The molecule has 1 heterocycles. The molecule has 1 atom stereocenters. The zero-order valence-corrected chi connectivity index (χ0v) is 22.6. The van der Waals surface area contributed by atoms with E-state index in [0.717, 1.165) is 32.1 Å². The van der Waals surface area contributed by atoms with E-state index in [2.05, 4.69) is 15.6 Å². The summed E-state index contributed by atoms with van der Waals surface area (Å²) in [6, 6.07) is 16.7. The number of nitrogens with one attached hydrogen (secondary N) is 2. The second-order valence-electron chi connectivity index (χ2n) is 9.88. The number of halogens is 1. The molecule has 210 valence electrons. The number of hydrogen-bond acceptors (Lipinski definition) is 5. The van der Waals surface area contributed by atoms with Crippen molar-refractivity contribution < 1.29 is 23.5 Å². The van der Waals surface area contributed by atoms with Gasteiger partial charge in [0.1, 0.15) is 23.4 Å². The largest absolute Gasteiger partial charge is 0.497 e. The Hall–Kier alpha value is -4.27. The normalized spacial score (nSPS) is 14.2. The average molecular weight is 547 g/mol. The highest BCUT2D eigenvalue weighted by Gasteiger charge is 2.34. The molecule has 3 aromatic rings. The van der Waals surface area contributed by atoms with E-state index in [4.69, 9.17) is 4.74 Å². The lowest BCUT2D eigenvalue weighted by Gasteiger charge is -2.33. The minimum Gasteiger partial charge on any atom is -0.497 e. The maximum Gasteiger partial charge on any atom is 0.248 e. The summed E-state index contributed by atoms with van der Waals surface area (Å²) in [6.07, 6.45) is 6.95. The number of nitrogens with zero attached hydrogens (tertiary/aromatic N) is 2. The lowest BCUT2D eigenvalue weighted by Crippen LogP contribution is -2.47. The number of aromatic nitrogens is 1. The molecular weight excluding hydrogens is 511 g/mol. The van der Waals surface area contributed by atoms with Crippen LogP contribution in [0.25, 0.3) is 0 Å². The molecule has 1 aliphatic carbocycles. The van der Waals surface area contributed by atoms with Crippen molar-refractivity contribution in [1.82, 2.24) is 10.3 Å². The van der Waals surface area contributed by atoms with Gasteiger partial charge in [0.2, 0.25) is 17.7 Å². The number of benzene rings is 2. The van der Waals surface area contributed by atoms with E-state index in [1.807, 2.05) is 0 Å². The Balaban J connectivity index is 1.58. The van der Waals surface area contributed by atoms with E-state index in [1.165, 1.54) is 29.2 Å². The van der Waals surface area contributed by atoms with Crippen molar-refractivity contribution in [2.24, 2.45) is 0 Å². The van der Waals surface area contributed by atoms with Crippen molar-refractivity contribution in [1.29, 1.82) is 0 Å². The van der Waals surface area contributed by atoms with Crippen LogP contribution in [0.2, 0.25) is 0 Å². The van der Waals surface area contributed by atoms with Crippen LogP contribution in [-0.2, 0) is 14.4 Å². The highest BCUT2D eigenvalue weighted by molar-refractivity contribution is 6.01. The van der Waals surface area contributed by atoms with E-state index < -0.39 is 11.9 Å². The summed E-state index contributed by atoms with van der Waals surface area (Å²) in [5, 5.41) is 5.86. The molecule has 0 spiro atoms. The topological polar surface area (TPSA) is 101 Å². The van der Waals surface area contributed by atoms with Gasteiger partial charge in [-0.3, -0.25) is 19.3 Å². The van der Waals surface area contributed by atoms with Crippen molar-refractivity contribution in [2.45, 2.75) is 63.5 Å². The SMILES string of the molecule is COc1ccc(N(C(=O)CCCC(=O)Nc2ccccn2)C(C(=O)NC2CCCCC2)c2ccc(F)cc2)cc1. The molecule has 1 aromatic heterocycles. The molecule has 1 aliphatic rings. The fraction of sp³-hybridized carbons (Fsp3) is 0.355. The van der Waals surface area contributed by atoms with Crippen LogP contribution in [-0.4, -0.2) is 35.9 Å². The Bertz CT molecular complexity index is 1260. The number of methoxy groups -OCH3 is 1. The van der Waals surface area contributed by atoms with Gasteiger partial charge in [0.25, 0.3) is 0 Å². The van der Waals surface area contributed by atoms with Crippen LogP contribution >= 0.6 is 0 Å². The Morgan fingerprint density at radius 2 is 1.70 bits per heavy atom. The molecule has 0 bridgehead atoms. The van der Waals surface area contributed by atoms with Gasteiger partial charge in [0, 0.05) is 30.8 Å². The van der Waals surface area contributed by atoms with Gasteiger partial charge in [0.05, 0.1) is 7.11 Å². The lowest BCUT2D eigenvalue weighted by atomic mass is 9.94. The smallest absolute Gasteiger partial charge is 0.248 e. The van der Waals surface area contributed by atoms with E-state index in [-0.39, 0.29) is 43.0 Å². The van der Waals surface area contributed by atoms with Crippen LogP contribution < -0.4 is 20.3 Å². The third-order valence-electron chi connectivity index (χ3n) is 6.99. The molecule has 4 rings (SSSR count). The number of pyridine rings is 1. The minimum atomic E-state index is -1.02. The highest BCUT2D eigenvalue weighted by Crippen LogP contribution is 2.31. The van der Waals surface area contributed by atoms with Gasteiger partial charge in [-0.05, 0) is 73.4 Å². The summed E-state index contributed by atoms with van der Waals surface area (Å²) in [5.74, 6) is -0.301. The summed E-state index contributed by atoms with van der Waals surface area (Å²) in [4.78, 5) is 45.6. The molecule has 0 saturated heterocycles. The molecular formula is C31H35FN4O4. The lowest BCUT2D eigenvalue weighted by molar-refractivity contribution is -0.127. The number of hydrogen-bond donors (Lipinski definition) is 2. The highest BCUT2D eigenvalue weighted by atomic mass is 19.1. The molecule has 0 aliphatic heterocycles. The fourth-order valence-electron chi connectivity index (χ4n) is 4.93. The van der Waals surface area contributed by atoms with Crippen molar-refractivity contribution in [3.05, 3.63) is 84.3 Å². The van der Waals surface area contributed by atoms with Gasteiger partial charge in [-0.2, -0.15) is 0 Å². The van der Waals surface area contributed by atoms with Gasteiger partial charge >= 0.3 is 0 Å². The summed E-state index contributed by atoms with van der Waals surface area (Å²) in [7, 11) is 1.55. The molecule has 0 radical (unpaired) electrons. The number of carbonyl (C=O) groups excluding carboxylic acids is 3. The fourth-order valence-corrected chi connectivity index (χ4v) is 4.93. The third-order valence-corrected chi connectivity index (χ3v) is 6.99. The predicted octanol–water partition coefficient (Wildman–Crippen LogP) is 5.56. The molecule has 1 fully saturated rings. The van der Waals surface area contributed by atoms with Crippen molar-refractivity contribution >= 4 is 29.2 Å². The van der Waals surface area contributed by atoms with Crippen LogP contribution in [0.5, 0.6) is 5.75 Å². The Labute approximate surface area is 233 Å². The quantitative estimate of drug-likeness (QED) is 0.328. The number of amides is 3. The summed E-state index contributed by atoms with van der Waals surface area (Å²) in [5.41, 5.74) is 0.989. The standard InChI is InChI=1S/C31H35FN4O4/c1-40-26-19-17-25(18-20-26)36(29(38)12-7-11-28(37)35-27-10-5-6-21-33-27)30(22-13-15-23(32)16-14-22)31(39)34-24-8-3-2-4-9-24/h5-6,10,13-21,24,30H,2-4,7-9,11-12H2,1H3,(H,34,39)(H,33,35,37). The van der Waals surface area contributed by atoms with E-state index in [9.17, 15) is 18.8 Å². The summed E-state index contributed by atoms with van der Waals surface area (Å²) >= 11 is 0. The molecule has 2 N–H and O–H groups in total. The second kappa shape index (κ2) is 14.2. The van der Waals surface area contributed by atoms with Crippen molar-refractivity contribution in [3.63, 3.8) is 0 Å². The van der Waals surface area contributed by atoms with E-state index >= 15 is 0 Å². The molecule has 1 unspecified atom stereocenters. The number of carbonyl (C=O) groups is 3. The minimum absolute atomic E-state index is 0.0207. The summed E-state index contributed by atoms with van der Waals surface area (Å²) in [6.45, 7) is 0. The van der Waals surface area contributed by atoms with Gasteiger partial charge in [0.15, 0.2) is 0 Å². The molecule has 2 aromatic carbocycles. The van der Waals surface area contributed by atoms with Gasteiger partial charge in [-0.1, -0.05) is 37.5 Å². The Morgan fingerprint density at radius 1 is 0.975 bits per heavy atom. The first-order valence-corrected chi connectivity index (χ1v) is 13.7. The predicted molar refractivity (Wildman–Crippen MR) is 151 cm³/mol.